The molecule has 28 heavy (non-hydrogen) atoms. The molecule has 3 aliphatic carbocycles. The third-order valence-electron chi connectivity index (χ3n) is 6.38. The van der Waals surface area contributed by atoms with Crippen molar-refractivity contribution in [1.29, 1.82) is 0 Å². The van der Waals surface area contributed by atoms with Gasteiger partial charge in [-0.25, -0.2) is 4.39 Å². The van der Waals surface area contributed by atoms with E-state index in [-0.39, 0.29) is 18.6 Å². The van der Waals surface area contributed by atoms with Crippen LogP contribution in [0.1, 0.15) is 57.8 Å². The zero-order valence-corrected chi connectivity index (χ0v) is 17.8. The van der Waals surface area contributed by atoms with Gasteiger partial charge in [-0.2, -0.15) is 11.8 Å². The molecule has 3 aliphatic rings. The molecule has 0 aromatic carbocycles. The molecule has 6 unspecified atom stereocenters. The lowest BCUT2D eigenvalue weighted by Gasteiger charge is -2.36. The third-order valence-corrected chi connectivity index (χ3v) is 7.88. The van der Waals surface area contributed by atoms with E-state index < -0.39 is 12.1 Å². The highest BCUT2D eigenvalue weighted by Gasteiger charge is 2.32. The van der Waals surface area contributed by atoms with E-state index >= 15 is 0 Å². The Balaban J connectivity index is 1.60. The molecule has 0 saturated heterocycles. The second-order valence-corrected chi connectivity index (χ2v) is 9.90. The molecule has 0 heterocycles. The van der Waals surface area contributed by atoms with E-state index in [9.17, 15) is 9.18 Å². The molecule has 158 valence electrons. The third kappa shape index (κ3) is 5.83. The van der Waals surface area contributed by atoms with Crippen LogP contribution in [0.2, 0.25) is 0 Å². The molecule has 6 atom stereocenters. The fraction of sp³-hybridized carbons (Fsp3) is 0.773. The highest BCUT2D eigenvalue weighted by atomic mass is 32.2. The Hall–Kier alpha value is -0.850. The zero-order valence-electron chi connectivity index (χ0n) is 16.9. The first-order chi connectivity index (χ1) is 13.5. The van der Waals surface area contributed by atoms with Crippen LogP contribution in [0.15, 0.2) is 23.3 Å². The van der Waals surface area contributed by atoms with Gasteiger partial charge in [0.05, 0.1) is 18.6 Å². The number of hydrogen-bond donors (Lipinski definition) is 1. The van der Waals surface area contributed by atoms with Gasteiger partial charge in [-0.3, -0.25) is 4.79 Å². The average molecular weight is 413 g/mol. The summed E-state index contributed by atoms with van der Waals surface area (Å²) < 4.78 is 25.1. The summed E-state index contributed by atoms with van der Waals surface area (Å²) in [6, 6.07) is 0. The van der Waals surface area contributed by atoms with Gasteiger partial charge in [0.25, 0.3) is 0 Å². The molecule has 1 saturated carbocycles. The Morgan fingerprint density at radius 3 is 2.71 bits per heavy atom. The number of ether oxygens (including phenoxy) is 2. The van der Waals surface area contributed by atoms with Crippen LogP contribution in [-0.2, 0) is 14.3 Å². The first kappa shape index (κ1) is 21.8. The van der Waals surface area contributed by atoms with Crippen molar-refractivity contribution in [2.24, 2.45) is 5.92 Å². The van der Waals surface area contributed by atoms with Crippen LogP contribution in [0.25, 0.3) is 0 Å². The number of rotatable bonds is 7. The van der Waals surface area contributed by atoms with Gasteiger partial charge in [0, 0.05) is 24.7 Å². The molecule has 0 aliphatic heterocycles. The van der Waals surface area contributed by atoms with Gasteiger partial charge < -0.3 is 14.6 Å². The first-order valence-electron chi connectivity index (χ1n) is 10.5. The molecule has 6 heteroatoms. The van der Waals surface area contributed by atoms with E-state index in [1.165, 1.54) is 18.4 Å². The lowest BCUT2D eigenvalue weighted by molar-refractivity contribution is -0.136. The second-order valence-electron chi connectivity index (χ2n) is 8.35. The quantitative estimate of drug-likeness (QED) is 0.601. The van der Waals surface area contributed by atoms with Gasteiger partial charge in [-0.05, 0) is 56.9 Å². The SMILES string of the molecule is COC1CC(CC(=O)O)=CC(SC2CCCC(C3=CC(F)C(OC)CC3)C2)C1. The van der Waals surface area contributed by atoms with E-state index in [1.807, 2.05) is 17.8 Å². The lowest BCUT2D eigenvalue weighted by Crippen LogP contribution is -2.30. The fourth-order valence-corrected chi connectivity index (χ4v) is 6.67. The predicted octanol–water partition coefficient (Wildman–Crippen LogP) is 4.93. The van der Waals surface area contributed by atoms with Crippen LogP contribution in [-0.4, -0.2) is 54.2 Å². The Labute approximate surface area is 171 Å². The van der Waals surface area contributed by atoms with E-state index in [2.05, 4.69) is 6.08 Å². The Bertz CT molecular complexity index is 605. The summed E-state index contributed by atoms with van der Waals surface area (Å²) in [5.74, 6) is -0.296. The van der Waals surface area contributed by atoms with Crippen molar-refractivity contribution in [3.63, 3.8) is 0 Å². The van der Waals surface area contributed by atoms with Crippen LogP contribution in [0.4, 0.5) is 4.39 Å². The molecular formula is C22H33FO4S. The predicted molar refractivity (Wildman–Crippen MR) is 111 cm³/mol. The van der Waals surface area contributed by atoms with Gasteiger partial charge in [0.2, 0.25) is 0 Å². The fourth-order valence-electron chi connectivity index (χ4n) is 4.94. The first-order valence-corrected chi connectivity index (χ1v) is 11.4. The Morgan fingerprint density at radius 1 is 1.21 bits per heavy atom. The maximum Gasteiger partial charge on any atom is 0.307 e. The maximum absolute atomic E-state index is 14.3. The zero-order chi connectivity index (χ0) is 20.1. The van der Waals surface area contributed by atoms with Crippen molar-refractivity contribution in [1.82, 2.24) is 0 Å². The number of allylic oxidation sites excluding steroid dienone is 1. The number of methoxy groups -OCH3 is 2. The summed E-state index contributed by atoms with van der Waals surface area (Å²) in [5, 5.41) is 9.99. The minimum atomic E-state index is -0.982. The minimum absolute atomic E-state index is 0.107. The molecule has 4 nitrogen and oxygen atoms in total. The number of carbonyl (C=O) groups is 1. The molecule has 1 N–H and O–H groups in total. The number of aliphatic carboxylic acids is 1. The topological polar surface area (TPSA) is 55.8 Å². The number of hydrogen-bond acceptors (Lipinski definition) is 4. The molecule has 0 aromatic rings. The molecule has 0 aromatic heterocycles. The van der Waals surface area contributed by atoms with Crippen molar-refractivity contribution in [2.45, 2.75) is 86.7 Å². The number of carboxylic acids is 1. The summed E-state index contributed by atoms with van der Waals surface area (Å²) >= 11 is 1.97. The van der Waals surface area contributed by atoms with Crippen molar-refractivity contribution in [3.05, 3.63) is 23.3 Å². The van der Waals surface area contributed by atoms with Crippen LogP contribution in [0, 0.1) is 5.92 Å². The Morgan fingerprint density at radius 2 is 2.04 bits per heavy atom. The van der Waals surface area contributed by atoms with Crippen LogP contribution < -0.4 is 0 Å². The summed E-state index contributed by atoms with van der Waals surface area (Å²) in [6.07, 6.45) is 10.9. The summed E-state index contributed by atoms with van der Waals surface area (Å²) in [4.78, 5) is 11.1. The summed E-state index contributed by atoms with van der Waals surface area (Å²) in [7, 11) is 3.30. The van der Waals surface area contributed by atoms with Crippen LogP contribution in [0.5, 0.6) is 0 Å². The number of thioether (sulfide) groups is 1. The molecule has 0 radical (unpaired) electrons. The highest BCUT2D eigenvalue weighted by Crippen LogP contribution is 2.42. The van der Waals surface area contributed by atoms with Crippen LogP contribution in [0.3, 0.4) is 0 Å². The van der Waals surface area contributed by atoms with Crippen molar-refractivity contribution >= 4 is 17.7 Å². The molecular weight excluding hydrogens is 379 g/mol. The minimum Gasteiger partial charge on any atom is -0.481 e. The van der Waals surface area contributed by atoms with Gasteiger partial charge >= 0.3 is 5.97 Å². The molecule has 0 amide bonds. The molecule has 0 spiro atoms. The number of alkyl halides is 1. The number of carboxylic acid groups (broad SMARTS) is 1. The van der Waals surface area contributed by atoms with Crippen molar-refractivity contribution < 1.29 is 23.8 Å². The summed E-state index contributed by atoms with van der Waals surface area (Å²) in [5.41, 5.74) is 2.27. The van der Waals surface area contributed by atoms with Crippen molar-refractivity contribution in [2.75, 3.05) is 14.2 Å². The highest BCUT2D eigenvalue weighted by molar-refractivity contribution is 8.00. The smallest absolute Gasteiger partial charge is 0.307 e. The van der Waals surface area contributed by atoms with Gasteiger partial charge in [-0.15, -0.1) is 0 Å². The van der Waals surface area contributed by atoms with E-state index in [4.69, 9.17) is 14.6 Å². The van der Waals surface area contributed by atoms with Gasteiger partial charge in [0.1, 0.15) is 6.17 Å². The van der Waals surface area contributed by atoms with E-state index in [0.29, 0.717) is 16.4 Å². The second kappa shape index (κ2) is 10.3. The molecule has 0 bridgehead atoms. The molecule has 1 fully saturated rings. The normalized spacial score (nSPS) is 36.5. The number of halogens is 1. The maximum atomic E-state index is 14.3. The average Bonchev–Trinajstić information content (AvgIpc) is 2.67. The Kier molecular flexibility index (Phi) is 8.01. The van der Waals surface area contributed by atoms with Crippen LogP contribution >= 0.6 is 11.8 Å². The summed E-state index contributed by atoms with van der Waals surface area (Å²) in [6.45, 7) is 0. The van der Waals surface area contributed by atoms with Crippen molar-refractivity contribution in [3.8, 4) is 0 Å². The largest absolute Gasteiger partial charge is 0.481 e. The monoisotopic (exact) mass is 412 g/mol. The van der Waals surface area contributed by atoms with Gasteiger partial charge in [-0.1, -0.05) is 23.6 Å². The standard InChI is InChI=1S/C22H33FO4S/c1-26-17-8-14(10-22(24)25)9-19(13-17)28-18-5-3-4-15(11-18)16-6-7-21(27-2)20(23)12-16/h9,12,15,17-21H,3-8,10-11,13H2,1-2H3,(H,24,25). The lowest BCUT2D eigenvalue weighted by atomic mass is 9.78. The van der Waals surface area contributed by atoms with Gasteiger partial charge in [0.15, 0.2) is 0 Å². The molecule has 3 rings (SSSR count). The van der Waals surface area contributed by atoms with E-state index in [1.54, 1.807) is 14.2 Å². The van der Waals surface area contributed by atoms with E-state index in [0.717, 1.165) is 44.1 Å².